The van der Waals surface area contributed by atoms with E-state index in [9.17, 15) is 9.59 Å². The molecule has 3 heterocycles. The Balaban J connectivity index is 0.00000210. The molecule has 4 rings (SSSR count). The lowest BCUT2D eigenvalue weighted by Gasteiger charge is -2.33. The number of nitrogens with zero attached hydrogens (tertiary/aromatic N) is 3. The number of piperazine rings is 1. The third kappa shape index (κ3) is 4.28. The monoisotopic (exact) mass is 392 g/mol. The molecule has 3 aliphatic rings. The number of carbonyl (C=O) groups excluding carboxylic acids is 2. The third-order valence-corrected chi connectivity index (χ3v) is 5.96. The Morgan fingerprint density at radius 1 is 0.963 bits per heavy atom. The normalized spacial score (nSPS) is 26.1. The molecule has 1 aromatic rings. The van der Waals surface area contributed by atoms with Gasteiger partial charge in [0.1, 0.15) is 6.04 Å². The lowest BCUT2D eigenvalue weighted by molar-refractivity contribution is -0.134. The molecular weight excluding hydrogens is 364 g/mol. The minimum atomic E-state index is -0.288. The second-order valence-corrected chi connectivity index (χ2v) is 7.54. The van der Waals surface area contributed by atoms with Gasteiger partial charge in [0.2, 0.25) is 5.91 Å². The standard InChI is InChI=1S/C20H28N4O2.ClH/c25-19(16-5-2-1-3-6-16)24-11-4-7-18(24)20(26)23-12-8-17(15-23)22-13-9-21-10-14-22;/h1-3,5-6,17-18,21H,4,7-15H2;1H. The third-order valence-electron chi connectivity index (χ3n) is 5.96. The largest absolute Gasteiger partial charge is 0.339 e. The van der Waals surface area contributed by atoms with Crippen LogP contribution >= 0.6 is 12.4 Å². The van der Waals surface area contributed by atoms with Crippen molar-refractivity contribution in [2.24, 2.45) is 0 Å². The van der Waals surface area contributed by atoms with Crippen molar-refractivity contribution in [1.29, 1.82) is 0 Å². The molecule has 2 atom stereocenters. The quantitative estimate of drug-likeness (QED) is 0.840. The molecule has 0 spiro atoms. The van der Waals surface area contributed by atoms with Crippen LogP contribution in [0.4, 0.5) is 0 Å². The van der Waals surface area contributed by atoms with Crippen LogP contribution in [0.25, 0.3) is 0 Å². The van der Waals surface area contributed by atoms with Crippen molar-refractivity contribution in [3.8, 4) is 0 Å². The van der Waals surface area contributed by atoms with E-state index in [0.29, 0.717) is 18.2 Å². The number of benzene rings is 1. The summed E-state index contributed by atoms with van der Waals surface area (Å²) in [5.41, 5.74) is 0.673. The fraction of sp³-hybridized carbons (Fsp3) is 0.600. The Morgan fingerprint density at radius 3 is 2.44 bits per heavy atom. The summed E-state index contributed by atoms with van der Waals surface area (Å²) < 4.78 is 0. The van der Waals surface area contributed by atoms with E-state index in [4.69, 9.17) is 0 Å². The second kappa shape index (κ2) is 9.04. The van der Waals surface area contributed by atoms with E-state index in [1.807, 2.05) is 35.2 Å². The Kier molecular flexibility index (Phi) is 6.73. The van der Waals surface area contributed by atoms with Gasteiger partial charge >= 0.3 is 0 Å². The molecule has 6 nitrogen and oxygen atoms in total. The first kappa shape index (κ1) is 20.1. The number of nitrogens with one attached hydrogen (secondary N) is 1. The first-order valence-corrected chi connectivity index (χ1v) is 9.83. The first-order valence-electron chi connectivity index (χ1n) is 9.83. The van der Waals surface area contributed by atoms with Crippen molar-refractivity contribution in [3.05, 3.63) is 35.9 Å². The minimum Gasteiger partial charge on any atom is -0.339 e. The number of hydrogen-bond acceptors (Lipinski definition) is 4. The number of carbonyl (C=O) groups is 2. The summed E-state index contributed by atoms with van der Waals surface area (Å²) in [6, 6.07) is 9.50. The lowest BCUT2D eigenvalue weighted by Crippen LogP contribution is -2.51. The molecule has 2 amide bonds. The summed E-state index contributed by atoms with van der Waals surface area (Å²) in [6.07, 6.45) is 2.74. The molecule has 3 saturated heterocycles. The highest BCUT2D eigenvalue weighted by molar-refractivity contribution is 5.98. The van der Waals surface area contributed by atoms with E-state index in [-0.39, 0.29) is 30.3 Å². The SMILES string of the molecule is Cl.O=C(C1CCCN1C(=O)c1ccccc1)N1CCC(N2CCNCC2)C1. The summed E-state index contributed by atoms with van der Waals surface area (Å²) in [6.45, 7) is 6.50. The van der Waals surface area contributed by atoms with Crippen LogP contribution in [0.1, 0.15) is 29.6 Å². The maximum absolute atomic E-state index is 13.1. The van der Waals surface area contributed by atoms with Crippen LogP contribution in [0.15, 0.2) is 30.3 Å². The molecule has 3 fully saturated rings. The van der Waals surface area contributed by atoms with Gasteiger partial charge in [-0.1, -0.05) is 18.2 Å². The fourth-order valence-electron chi connectivity index (χ4n) is 4.51. The van der Waals surface area contributed by atoms with Crippen molar-refractivity contribution in [2.45, 2.75) is 31.3 Å². The van der Waals surface area contributed by atoms with E-state index in [0.717, 1.165) is 58.5 Å². The van der Waals surface area contributed by atoms with Crippen LogP contribution in [0.5, 0.6) is 0 Å². The number of likely N-dealkylation sites (tertiary alicyclic amines) is 2. The molecule has 27 heavy (non-hydrogen) atoms. The summed E-state index contributed by atoms with van der Waals surface area (Å²) in [4.78, 5) is 32.2. The van der Waals surface area contributed by atoms with Crippen LogP contribution < -0.4 is 5.32 Å². The Bertz CT molecular complexity index is 651. The molecule has 1 aromatic carbocycles. The molecule has 0 aliphatic carbocycles. The van der Waals surface area contributed by atoms with Crippen LogP contribution in [-0.4, -0.2) is 84.4 Å². The van der Waals surface area contributed by atoms with Gasteiger partial charge in [0.15, 0.2) is 0 Å². The highest BCUT2D eigenvalue weighted by atomic mass is 35.5. The Hall–Kier alpha value is -1.63. The van der Waals surface area contributed by atoms with E-state index >= 15 is 0 Å². The van der Waals surface area contributed by atoms with E-state index in [1.54, 1.807) is 4.90 Å². The smallest absolute Gasteiger partial charge is 0.254 e. The minimum absolute atomic E-state index is 0. The van der Waals surface area contributed by atoms with Crippen LogP contribution in [0, 0.1) is 0 Å². The van der Waals surface area contributed by atoms with Crippen molar-refractivity contribution in [3.63, 3.8) is 0 Å². The van der Waals surface area contributed by atoms with Gasteiger partial charge in [-0.3, -0.25) is 14.5 Å². The molecule has 3 aliphatic heterocycles. The van der Waals surface area contributed by atoms with Gasteiger partial charge in [-0.05, 0) is 31.4 Å². The number of hydrogen-bond donors (Lipinski definition) is 1. The Morgan fingerprint density at radius 2 is 1.70 bits per heavy atom. The zero-order chi connectivity index (χ0) is 17.9. The molecule has 0 saturated carbocycles. The number of rotatable bonds is 3. The molecular formula is C20H29ClN4O2. The summed E-state index contributed by atoms with van der Waals surface area (Å²) >= 11 is 0. The van der Waals surface area contributed by atoms with E-state index in [1.165, 1.54) is 0 Å². The second-order valence-electron chi connectivity index (χ2n) is 7.54. The van der Waals surface area contributed by atoms with E-state index in [2.05, 4.69) is 10.2 Å². The average Bonchev–Trinajstić information content (AvgIpc) is 3.38. The molecule has 148 valence electrons. The predicted octanol–water partition coefficient (Wildman–Crippen LogP) is 1.22. The fourth-order valence-corrected chi connectivity index (χ4v) is 4.51. The Labute approximate surface area is 167 Å². The first-order chi connectivity index (χ1) is 12.7. The van der Waals surface area contributed by atoms with Crippen LogP contribution in [-0.2, 0) is 4.79 Å². The van der Waals surface area contributed by atoms with Crippen molar-refractivity contribution < 1.29 is 9.59 Å². The van der Waals surface area contributed by atoms with Gasteiger partial charge in [0.25, 0.3) is 5.91 Å². The van der Waals surface area contributed by atoms with Crippen molar-refractivity contribution in [1.82, 2.24) is 20.0 Å². The molecule has 1 N–H and O–H groups in total. The molecule has 0 bridgehead atoms. The highest BCUT2D eigenvalue weighted by Gasteiger charge is 2.39. The summed E-state index contributed by atoms with van der Waals surface area (Å²) in [5.74, 6) is 0.128. The topological polar surface area (TPSA) is 55.9 Å². The number of amides is 2. The maximum atomic E-state index is 13.1. The summed E-state index contributed by atoms with van der Waals surface area (Å²) in [7, 11) is 0. The lowest BCUT2D eigenvalue weighted by atomic mass is 10.1. The van der Waals surface area contributed by atoms with Crippen LogP contribution in [0.2, 0.25) is 0 Å². The average molecular weight is 393 g/mol. The molecule has 2 unspecified atom stereocenters. The zero-order valence-electron chi connectivity index (χ0n) is 15.7. The highest BCUT2D eigenvalue weighted by Crippen LogP contribution is 2.25. The molecule has 7 heteroatoms. The van der Waals surface area contributed by atoms with E-state index < -0.39 is 0 Å². The van der Waals surface area contributed by atoms with Crippen molar-refractivity contribution in [2.75, 3.05) is 45.8 Å². The van der Waals surface area contributed by atoms with Gasteiger partial charge in [-0.25, -0.2) is 0 Å². The van der Waals surface area contributed by atoms with Gasteiger partial charge < -0.3 is 15.1 Å². The maximum Gasteiger partial charge on any atom is 0.254 e. The van der Waals surface area contributed by atoms with Gasteiger partial charge in [0.05, 0.1) is 0 Å². The van der Waals surface area contributed by atoms with Gasteiger partial charge in [0, 0.05) is 57.4 Å². The van der Waals surface area contributed by atoms with Gasteiger partial charge in [-0.2, -0.15) is 0 Å². The number of halogens is 1. The van der Waals surface area contributed by atoms with Crippen LogP contribution in [0.3, 0.4) is 0 Å². The predicted molar refractivity (Wildman–Crippen MR) is 107 cm³/mol. The zero-order valence-corrected chi connectivity index (χ0v) is 16.5. The van der Waals surface area contributed by atoms with Crippen molar-refractivity contribution >= 4 is 24.2 Å². The molecule has 0 aromatic heterocycles. The summed E-state index contributed by atoms with van der Waals surface area (Å²) in [5, 5.41) is 3.38. The molecule has 0 radical (unpaired) electrons. The van der Waals surface area contributed by atoms with Gasteiger partial charge in [-0.15, -0.1) is 12.4 Å².